The molecule has 162 valence electrons. The molecule has 4 N–H and O–H groups in total. The largest absolute Gasteiger partial charge is 0.353 e. The van der Waals surface area contributed by atoms with Crippen molar-refractivity contribution in [3.05, 3.63) is 54.6 Å². The van der Waals surface area contributed by atoms with Crippen LogP contribution in [0.4, 0.5) is 26.7 Å². The summed E-state index contributed by atoms with van der Waals surface area (Å²) in [6.07, 6.45) is 3.54. The first-order valence-corrected chi connectivity index (χ1v) is 10.7. The van der Waals surface area contributed by atoms with E-state index in [1.54, 1.807) is 41.3 Å². The lowest BCUT2D eigenvalue weighted by molar-refractivity contribution is -0.126. The van der Waals surface area contributed by atoms with Gasteiger partial charge in [-0.3, -0.25) is 4.79 Å². The second-order valence-corrected chi connectivity index (χ2v) is 8.00. The molecule has 1 aliphatic carbocycles. The van der Waals surface area contributed by atoms with Gasteiger partial charge in [-0.15, -0.1) is 0 Å². The Kier molecular flexibility index (Phi) is 6.35. The standard InChI is InChI=1S/C23H27N5O3/c29-21(24-18-6-7-18)16-12-14-28(15-13-16)23(31)27-20-10-8-19(9-11-20)26-22(30)25-17-4-2-1-3-5-17/h1-5,8-11,16,18H,6-7,12-15H2,(H,24,29)(H,27,31)(H2,25,26,30). The first-order chi connectivity index (χ1) is 15.1. The highest BCUT2D eigenvalue weighted by Crippen LogP contribution is 2.23. The summed E-state index contributed by atoms with van der Waals surface area (Å²) in [6, 6.07) is 16.0. The average molecular weight is 422 g/mol. The summed E-state index contributed by atoms with van der Waals surface area (Å²) in [5.41, 5.74) is 1.97. The van der Waals surface area contributed by atoms with Crippen molar-refractivity contribution in [3.8, 4) is 0 Å². The molecule has 0 aromatic heterocycles. The number of para-hydroxylation sites is 1. The Balaban J connectivity index is 1.22. The predicted octanol–water partition coefficient (Wildman–Crippen LogP) is 3.85. The third-order valence-corrected chi connectivity index (χ3v) is 5.50. The number of carbonyl (C=O) groups excluding carboxylic acids is 3. The number of anilines is 3. The maximum atomic E-state index is 12.5. The van der Waals surface area contributed by atoms with E-state index in [9.17, 15) is 14.4 Å². The van der Waals surface area contributed by atoms with Crippen LogP contribution in [0.25, 0.3) is 0 Å². The zero-order valence-corrected chi connectivity index (χ0v) is 17.3. The maximum Gasteiger partial charge on any atom is 0.323 e. The quantitative estimate of drug-likeness (QED) is 0.590. The Morgan fingerprint density at radius 1 is 0.710 bits per heavy atom. The fourth-order valence-electron chi connectivity index (χ4n) is 3.55. The number of rotatable bonds is 5. The molecule has 0 spiro atoms. The van der Waals surface area contributed by atoms with E-state index in [0.717, 1.165) is 12.8 Å². The molecular weight excluding hydrogens is 394 g/mol. The van der Waals surface area contributed by atoms with E-state index in [4.69, 9.17) is 0 Å². The average Bonchev–Trinajstić information content (AvgIpc) is 3.60. The number of nitrogens with one attached hydrogen (secondary N) is 4. The van der Waals surface area contributed by atoms with Crippen molar-refractivity contribution in [1.82, 2.24) is 10.2 Å². The van der Waals surface area contributed by atoms with E-state index in [1.165, 1.54) is 0 Å². The van der Waals surface area contributed by atoms with Gasteiger partial charge in [0.2, 0.25) is 5.91 Å². The number of nitrogens with zero attached hydrogens (tertiary/aromatic N) is 1. The van der Waals surface area contributed by atoms with Crippen LogP contribution in [0.2, 0.25) is 0 Å². The molecule has 0 bridgehead atoms. The molecule has 4 rings (SSSR count). The van der Waals surface area contributed by atoms with Gasteiger partial charge in [-0.05, 0) is 62.1 Å². The smallest absolute Gasteiger partial charge is 0.323 e. The molecule has 1 saturated heterocycles. The number of carbonyl (C=O) groups is 3. The lowest BCUT2D eigenvalue weighted by Gasteiger charge is -2.31. The number of urea groups is 2. The second-order valence-electron chi connectivity index (χ2n) is 8.00. The Morgan fingerprint density at radius 3 is 1.84 bits per heavy atom. The van der Waals surface area contributed by atoms with Crippen molar-refractivity contribution < 1.29 is 14.4 Å². The van der Waals surface area contributed by atoms with Crippen LogP contribution >= 0.6 is 0 Å². The fourth-order valence-corrected chi connectivity index (χ4v) is 3.55. The number of piperidine rings is 1. The molecule has 2 fully saturated rings. The van der Waals surface area contributed by atoms with Crippen molar-refractivity contribution in [3.63, 3.8) is 0 Å². The van der Waals surface area contributed by atoms with Crippen LogP contribution in [0.3, 0.4) is 0 Å². The number of benzene rings is 2. The van der Waals surface area contributed by atoms with Gasteiger partial charge in [-0.2, -0.15) is 0 Å². The highest BCUT2D eigenvalue weighted by atomic mass is 16.2. The van der Waals surface area contributed by atoms with Gasteiger partial charge in [0, 0.05) is 42.1 Å². The summed E-state index contributed by atoms with van der Waals surface area (Å²) in [5.74, 6) is 0.124. The molecule has 1 aliphatic heterocycles. The first kappa shape index (κ1) is 20.7. The molecule has 31 heavy (non-hydrogen) atoms. The predicted molar refractivity (Wildman–Crippen MR) is 120 cm³/mol. The number of hydrogen-bond donors (Lipinski definition) is 4. The molecule has 0 radical (unpaired) electrons. The third-order valence-electron chi connectivity index (χ3n) is 5.50. The van der Waals surface area contributed by atoms with Gasteiger partial charge in [0.15, 0.2) is 0 Å². The van der Waals surface area contributed by atoms with Gasteiger partial charge < -0.3 is 26.2 Å². The number of likely N-dealkylation sites (tertiary alicyclic amines) is 1. The van der Waals surface area contributed by atoms with Gasteiger partial charge in [-0.25, -0.2) is 9.59 Å². The molecular formula is C23H27N5O3. The minimum atomic E-state index is -0.337. The highest BCUT2D eigenvalue weighted by molar-refractivity contribution is 6.00. The van der Waals surface area contributed by atoms with Crippen LogP contribution in [0, 0.1) is 5.92 Å². The van der Waals surface area contributed by atoms with Crippen molar-refractivity contribution in [1.29, 1.82) is 0 Å². The highest BCUT2D eigenvalue weighted by Gasteiger charge is 2.31. The minimum absolute atomic E-state index is 0.00274. The summed E-state index contributed by atoms with van der Waals surface area (Å²) in [7, 11) is 0. The zero-order valence-electron chi connectivity index (χ0n) is 17.3. The lowest BCUT2D eigenvalue weighted by Crippen LogP contribution is -2.44. The van der Waals surface area contributed by atoms with E-state index in [0.29, 0.717) is 49.0 Å². The summed E-state index contributed by atoms with van der Waals surface area (Å²) in [5, 5.41) is 11.4. The summed E-state index contributed by atoms with van der Waals surface area (Å²) in [4.78, 5) is 38.5. The normalized spacial score (nSPS) is 16.3. The van der Waals surface area contributed by atoms with Gasteiger partial charge in [0.05, 0.1) is 0 Å². The molecule has 0 atom stereocenters. The molecule has 8 nitrogen and oxygen atoms in total. The van der Waals surface area contributed by atoms with Gasteiger partial charge in [-0.1, -0.05) is 18.2 Å². The molecule has 0 unspecified atom stereocenters. The molecule has 2 aromatic rings. The molecule has 1 saturated carbocycles. The molecule has 5 amide bonds. The van der Waals surface area contributed by atoms with Crippen molar-refractivity contribution in [2.24, 2.45) is 5.92 Å². The minimum Gasteiger partial charge on any atom is -0.353 e. The Bertz CT molecular complexity index is 920. The van der Waals surface area contributed by atoms with Crippen molar-refractivity contribution >= 4 is 35.0 Å². The van der Waals surface area contributed by atoms with E-state index >= 15 is 0 Å². The van der Waals surface area contributed by atoms with Gasteiger partial charge in [0.25, 0.3) is 0 Å². The zero-order chi connectivity index (χ0) is 21.6. The second kappa shape index (κ2) is 9.51. The lowest BCUT2D eigenvalue weighted by atomic mass is 9.96. The van der Waals surface area contributed by atoms with Gasteiger partial charge in [0.1, 0.15) is 0 Å². The monoisotopic (exact) mass is 421 g/mol. The number of amides is 5. The Labute approximate surface area is 181 Å². The van der Waals surface area contributed by atoms with Crippen LogP contribution in [0.1, 0.15) is 25.7 Å². The first-order valence-electron chi connectivity index (χ1n) is 10.7. The molecule has 8 heteroatoms. The van der Waals surface area contributed by atoms with Crippen molar-refractivity contribution in [2.75, 3.05) is 29.0 Å². The van der Waals surface area contributed by atoms with Crippen LogP contribution in [0.5, 0.6) is 0 Å². The number of hydrogen-bond acceptors (Lipinski definition) is 3. The van der Waals surface area contributed by atoms with Crippen LogP contribution < -0.4 is 21.3 Å². The Morgan fingerprint density at radius 2 is 1.26 bits per heavy atom. The van der Waals surface area contributed by atoms with Gasteiger partial charge >= 0.3 is 12.1 Å². The molecule has 1 heterocycles. The van der Waals surface area contributed by atoms with Crippen LogP contribution in [-0.4, -0.2) is 42.0 Å². The van der Waals surface area contributed by atoms with Crippen LogP contribution in [0.15, 0.2) is 54.6 Å². The summed E-state index contributed by atoms with van der Waals surface area (Å²) < 4.78 is 0. The van der Waals surface area contributed by atoms with E-state index < -0.39 is 0 Å². The Hall–Kier alpha value is -3.55. The van der Waals surface area contributed by atoms with E-state index in [-0.39, 0.29) is 23.9 Å². The van der Waals surface area contributed by atoms with Crippen molar-refractivity contribution in [2.45, 2.75) is 31.7 Å². The third kappa shape index (κ3) is 5.97. The summed E-state index contributed by atoms with van der Waals surface area (Å²) in [6.45, 7) is 1.13. The topological polar surface area (TPSA) is 103 Å². The molecule has 2 aromatic carbocycles. The van der Waals surface area contributed by atoms with E-state index in [1.807, 2.05) is 18.2 Å². The fraction of sp³-hybridized carbons (Fsp3) is 0.348. The summed E-state index contributed by atoms with van der Waals surface area (Å²) >= 11 is 0. The van der Waals surface area contributed by atoms with Crippen LogP contribution in [-0.2, 0) is 4.79 Å². The van der Waals surface area contributed by atoms with E-state index in [2.05, 4.69) is 21.3 Å². The maximum absolute atomic E-state index is 12.5. The SMILES string of the molecule is O=C(Nc1ccccc1)Nc1ccc(NC(=O)N2CCC(C(=O)NC3CC3)CC2)cc1. The molecule has 2 aliphatic rings.